The molecule has 0 saturated heterocycles. The smallest absolute Gasteiger partial charge is 0.0840 e. The first-order valence-electron chi connectivity index (χ1n) is 4.62. The van der Waals surface area contributed by atoms with Gasteiger partial charge in [-0.05, 0) is 34.2 Å². The van der Waals surface area contributed by atoms with Gasteiger partial charge in [0.15, 0.2) is 0 Å². The number of hydrogen-bond acceptors (Lipinski definition) is 2. The van der Waals surface area contributed by atoms with Crippen LogP contribution in [0.3, 0.4) is 0 Å². The summed E-state index contributed by atoms with van der Waals surface area (Å²) in [5.74, 6) is 1.24. The lowest BCUT2D eigenvalue weighted by Crippen LogP contribution is -1.79. The van der Waals surface area contributed by atoms with Crippen LogP contribution in [0.4, 0.5) is 0 Å². The maximum Gasteiger partial charge on any atom is 0.0840 e. The van der Waals surface area contributed by atoms with Gasteiger partial charge in [0, 0.05) is 10.3 Å². The number of hydrogen-bond donors (Lipinski definition) is 0. The summed E-state index contributed by atoms with van der Waals surface area (Å²) in [4.78, 5) is 1.35. The standard InChI is InChI=1S/C10H14BrS2/c1-2-3-4-5-7-12-9-6-8-13-10(9)11/h6H,2-5,7H2,1H3. The molecule has 3 heteroatoms. The molecular formula is C10H14BrS2. The lowest BCUT2D eigenvalue weighted by Gasteiger charge is -1.99. The van der Waals surface area contributed by atoms with Crippen molar-refractivity contribution in [2.45, 2.75) is 37.5 Å². The van der Waals surface area contributed by atoms with Crippen LogP contribution in [0.25, 0.3) is 0 Å². The third-order valence-electron chi connectivity index (χ3n) is 1.79. The maximum absolute atomic E-state index is 3.52. The SMILES string of the molecule is CCCCCCSc1c[c]sc1Br. The van der Waals surface area contributed by atoms with Crippen molar-refractivity contribution in [2.24, 2.45) is 0 Å². The Morgan fingerprint density at radius 3 is 2.92 bits per heavy atom. The normalized spacial score (nSPS) is 10.6. The first kappa shape index (κ1) is 11.6. The molecule has 1 heterocycles. The Balaban J connectivity index is 2.10. The third-order valence-corrected chi connectivity index (χ3v) is 4.85. The van der Waals surface area contributed by atoms with Gasteiger partial charge in [-0.25, -0.2) is 0 Å². The molecule has 0 nitrogen and oxygen atoms in total. The third kappa shape index (κ3) is 4.52. The van der Waals surface area contributed by atoms with Gasteiger partial charge in [-0.2, -0.15) is 0 Å². The summed E-state index contributed by atoms with van der Waals surface area (Å²) in [6.45, 7) is 2.25. The maximum atomic E-state index is 3.52. The number of thiophene rings is 1. The van der Waals surface area contributed by atoms with Crippen molar-refractivity contribution < 1.29 is 0 Å². The second kappa shape index (κ2) is 6.91. The summed E-state index contributed by atoms with van der Waals surface area (Å²) >= 11 is 7.10. The molecular weight excluding hydrogens is 264 g/mol. The van der Waals surface area contributed by atoms with Crippen molar-refractivity contribution in [1.29, 1.82) is 0 Å². The van der Waals surface area contributed by atoms with Crippen LogP contribution in [0.2, 0.25) is 0 Å². The highest BCUT2D eigenvalue weighted by atomic mass is 79.9. The van der Waals surface area contributed by atoms with E-state index in [0.29, 0.717) is 0 Å². The van der Waals surface area contributed by atoms with Crippen LogP contribution < -0.4 is 0 Å². The van der Waals surface area contributed by atoms with Gasteiger partial charge in [0.2, 0.25) is 0 Å². The molecule has 0 aromatic carbocycles. The molecule has 0 aliphatic heterocycles. The molecule has 0 spiro atoms. The second-order valence-electron chi connectivity index (χ2n) is 2.91. The zero-order valence-corrected chi connectivity index (χ0v) is 11.0. The highest BCUT2D eigenvalue weighted by molar-refractivity contribution is 9.11. The first-order valence-corrected chi connectivity index (χ1v) is 7.22. The van der Waals surface area contributed by atoms with Crippen LogP contribution in [-0.4, -0.2) is 5.75 Å². The van der Waals surface area contributed by atoms with E-state index >= 15 is 0 Å². The van der Waals surface area contributed by atoms with Gasteiger partial charge in [0.1, 0.15) is 0 Å². The van der Waals surface area contributed by atoms with Gasteiger partial charge >= 0.3 is 0 Å². The fourth-order valence-corrected chi connectivity index (χ4v) is 3.43. The van der Waals surface area contributed by atoms with E-state index in [9.17, 15) is 0 Å². The fraction of sp³-hybridized carbons (Fsp3) is 0.600. The molecule has 0 saturated carbocycles. The zero-order valence-electron chi connectivity index (χ0n) is 7.81. The van der Waals surface area contributed by atoms with E-state index in [2.05, 4.69) is 34.3 Å². The Bertz CT molecular complexity index is 233. The lowest BCUT2D eigenvalue weighted by molar-refractivity contribution is 0.706. The first-order chi connectivity index (χ1) is 6.34. The average molecular weight is 278 g/mol. The summed E-state index contributed by atoms with van der Waals surface area (Å²) in [5.41, 5.74) is 0. The summed E-state index contributed by atoms with van der Waals surface area (Å²) in [6.07, 6.45) is 5.40. The average Bonchev–Trinajstić information content (AvgIpc) is 2.52. The molecule has 73 valence electrons. The van der Waals surface area contributed by atoms with Gasteiger partial charge in [-0.1, -0.05) is 26.2 Å². The van der Waals surface area contributed by atoms with E-state index < -0.39 is 0 Å². The molecule has 0 aliphatic rings. The Labute approximate surface area is 97.3 Å². The highest BCUT2D eigenvalue weighted by Gasteiger charge is 2.00. The van der Waals surface area contributed by atoms with Crippen LogP contribution >= 0.6 is 39.0 Å². The fourth-order valence-electron chi connectivity index (χ4n) is 1.05. The van der Waals surface area contributed by atoms with Gasteiger partial charge < -0.3 is 0 Å². The van der Waals surface area contributed by atoms with Crippen molar-refractivity contribution in [3.05, 3.63) is 15.2 Å². The van der Waals surface area contributed by atoms with Crippen molar-refractivity contribution in [1.82, 2.24) is 0 Å². The monoisotopic (exact) mass is 277 g/mol. The number of halogens is 1. The largest absolute Gasteiger partial charge is 0.126 e. The van der Waals surface area contributed by atoms with E-state index in [4.69, 9.17) is 0 Å². The minimum absolute atomic E-state index is 1.23. The van der Waals surface area contributed by atoms with Gasteiger partial charge in [0.25, 0.3) is 0 Å². The molecule has 0 N–H and O–H groups in total. The molecule has 0 amide bonds. The van der Waals surface area contributed by atoms with E-state index in [0.717, 1.165) is 0 Å². The van der Waals surface area contributed by atoms with E-state index in [1.165, 1.54) is 40.1 Å². The molecule has 0 unspecified atom stereocenters. The molecule has 1 aromatic heterocycles. The Hall–Kier alpha value is 0.530. The molecule has 13 heavy (non-hydrogen) atoms. The predicted octanol–water partition coefficient (Wildman–Crippen LogP) is 4.98. The van der Waals surface area contributed by atoms with Crippen molar-refractivity contribution >= 4 is 39.0 Å². The molecule has 0 bridgehead atoms. The molecule has 1 aromatic rings. The van der Waals surface area contributed by atoms with E-state index in [1.807, 2.05) is 11.8 Å². The summed E-state index contributed by atoms with van der Waals surface area (Å²) in [7, 11) is 0. The van der Waals surface area contributed by atoms with Crippen LogP contribution in [0.5, 0.6) is 0 Å². The minimum Gasteiger partial charge on any atom is -0.126 e. The highest BCUT2D eigenvalue weighted by Crippen LogP contribution is 2.32. The predicted molar refractivity (Wildman–Crippen MR) is 65.7 cm³/mol. The number of unbranched alkanes of at least 4 members (excludes halogenated alkanes) is 3. The second-order valence-corrected chi connectivity index (χ2v) is 6.21. The number of thioether (sulfide) groups is 1. The zero-order chi connectivity index (χ0) is 9.52. The lowest BCUT2D eigenvalue weighted by atomic mass is 10.2. The van der Waals surface area contributed by atoms with Crippen LogP contribution in [0, 0.1) is 5.38 Å². The summed E-state index contributed by atoms with van der Waals surface area (Å²) < 4.78 is 1.23. The molecule has 1 rings (SSSR count). The van der Waals surface area contributed by atoms with Gasteiger partial charge in [-0.15, -0.1) is 23.1 Å². The Kier molecular flexibility index (Phi) is 6.16. The van der Waals surface area contributed by atoms with Crippen molar-refractivity contribution in [3.63, 3.8) is 0 Å². The molecule has 1 radical (unpaired) electrons. The van der Waals surface area contributed by atoms with Crippen LogP contribution in [0.15, 0.2) is 14.7 Å². The quantitative estimate of drug-likeness (QED) is 0.522. The Morgan fingerprint density at radius 1 is 1.46 bits per heavy atom. The Morgan fingerprint density at radius 2 is 2.31 bits per heavy atom. The van der Waals surface area contributed by atoms with Crippen LogP contribution in [-0.2, 0) is 0 Å². The van der Waals surface area contributed by atoms with E-state index in [-0.39, 0.29) is 0 Å². The van der Waals surface area contributed by atoms with Crippen molar-refractivity contribution in [2.75, 3.05) is 5.75 Å². The summed E-state index contributed by atoms with van der Waals surface area (Å²) in [6, 6.07) is 2.07. The van der Waals surface area contributed by atoms with Crippen LogP contribution in [0.1, 0.15) is 32.6 Å². The van der Waals surface area contributed by atoms with Gasteiger partial charge in [0.05, 0.1) is 3.79 Å². The molecule has 0 fully saturated rings. The minimum atomic E-state index is 1.23. The molecule has 0 aliphatic carbocycles. The molecule has 0 atom stereocenters. The van der Waals surface area contributed by atoms with Gasteiger partial charge in [-0.3, -0.25) is 0 Å². The van der Waals surface area contributed by atoms with Crippen molar-refractivity contribution in [3.8, 4) is 0 Å². The van der Waals surface area contributed by atoms with E-state index in [1.54, 1.807) is 11.3 Å². The number of rotatable bonds is 6. The topological polar surface area (TPSA) is 0 Å². The summed E-state index contributed by atoms with van der Waals surface area (Å²) in [5, 5.41) is 3.12.